The van der Waals surface area contributed by atoms with Crippen molar-refractivity contribution in [3.05, 3.63) is 70.5 Å². The molecule has 1 heterocycles. The number of nitrogens with zero attached hydrogens (tertiary/aromatic N) is 1. The van der Waals surface area contributed by atoms with E-state index in [1.807, 2.05) is 31.2 Å². The van der Waals surface area contributed by atoms with E-state index in [0.29, 0.717) is 31.7 Å². The summed E-state index contributed by atoms with van der Waals surface area (Å²) in [6.07, 6.45) is 3.87. The van der Waals surface area contributed by atoms with Gasteiger partial charge in [-0.15, -0.1) is 0 Å². The molecule has 5 heteroatoms. The van der Waals surface area contributed by atoms with Gasteiger partial charge >= 0.3 is 0 Å². The maximum Gasteiger partial charge on any atom is 0.222 e. The Morgan fingerprint density at radius 3 is 2.45 bits per heavy atom. The van der Waals surface area contributed by atoms with Crippen LogP contribution in [0.4, 0.5) is 4.39 Å². The van der Waals surface area contributed by atoms with Crippen LogP contribution in [0.15, 0.2) is 48.5 Å². The predicted octanol–water partition coefficient (Wildman–Crippen LogP) is 6.43. The molecule has 2 aromatic rings. The Kier molecular flexibility index (Phi) is 7.77. The zero-order valence-corrected chi connectivity index (χ0v) is 19.6. The van der Waals surface area contributed by atoms with Crippen molar-refractivity contribution in [3.63, 3.8) is 0 Å². The Balaban J connectivity index is 1.82. The number of hydrogen-bond donors (Lipinski definition) is 0. The van der Waals surface area contributed by atoms with Crippen LogP contribution in [0.5, 0.6) is 0 Å². The van der Waals surface area contributed by atoms with Crippen LogP contribution in [0.3, 0.4) is 0 Å². The first-order valence-corrected chi connectivity index (χ1v) is 11.5. The molecule has 0 aromatic heterocycles. The summed E-state index contributed by atoms with van der Waals surface area (Å²) in [5.41, 5.74) is 1.42. The lowest BCUT2D eigenvalue weighted by atomic mass is 9.68. The smallest absolute Gasteiger partial charge is 0.222 e. The van der Waals surface area contributed by atoms with Gasteiger partial charge < -0.3 is 9.64 Å². The SMILES string of the molecule is CCC(=O)N(CCC1(Cc2ccccc2Cl)CCOC(C)(C)C1)Cc1ccccc1F. The normalized spacial score (nSPS) is 20.4. The molecule has 0 aliphatic carbocycles. The van der Waals surface area contributed by atoms with Gasteiger partial charge in [0.25, 0.3) is 0 Å². The van der Waals surface area contributed by atoms with Crippen LogP contribution < -0.4 is 0 Å². The highest BCUT2D eigenvalue weighted by atomic mass is 35.5. The molecular formula is C26H33ClFNO2. The number of rotatable bonds is 8. The van der Waals surface area contributed by atoms with Gasteiger partial charge in [-0.3, -0.25) is 4.79 Å². The molecule has 0 spiro atoms. The van der Waals surface area contributed by atoms with Gasteiger partial charge in [0.1, 0.15) is 5.82 Å². The summed E-state index contributed by atoms with van der Waals surface area (Å²) in [4.78, 5) is 14.5. The third-order valence-electron chi connectivity index (χ3n) is 6.34. The van der Waals surface area contributed by atoms with Crippen LogP contribution >= 0.6 is 11.6 Å². The summed E-state index contributed by atoms with van der Waals surface area (Å²) >= 11 is 6.50. The number of amides is 1. The summed E-state index contributed by atoms with van der Waals surface area (Å²) in [5, 5.41) is 0.777. The zero-order chi connectivity index (χ0) is 22.5. The summed E-state index contributed by atoms with van der Waals surface area (Å²) < 4.78 is 20.3. The van der Waals surface area contributed by atoms with Gasteiger partial charge in [0.15, 0.2) is 0 Å². The Bertz CT molecular complexity index is 900. The first-order valence-electron chi connectivity index (χ1n) is 11.1. The summed E-state index contributed by atoms with van der Waals surface area (Å²) in [6.45, 7) is 7.67. The van der Waals surface area contributed by atoms with E-state index < -0.39 is 0 Å². The second kappa shape index (κ2) is 10.1. The average Bonchev–Trinajstić information content (AvgIpc) is 2.73. The van der Waals surface area contributed by atoms with E-state index in [1.54, 1.807) is 17.0 Å². The van der Waals surface area contributed by atoms with E-state index in [1.165, 1.54) is 6.07 Å². The molecule has 1 aliphatic heterocycles. The monoisotopic (exact) mass is 445 g/mol. The molecule has 1 atom stereocenters. The van der Waals surface area contributed by atoms with Gasteiger partial charge in [-0.25, -0.2) is 4.39 Å². The summed E-state index contributed by atoms with van der Waals surface area (Å²) in [6, 6.07) is 14.7. The van der Waals surface area contributed by atoms with E-state index in [0.717, 1.165) is 36.3 Å². The molecule has 1 saturated heterocycles. The molecule has 3 nitrogen and oxygen atoms in total. The lowest BCUT2D eigenvalue weighted by molar-refractivity contribution is -0.133. The third-order valence-corrected chi connectivity index (χ3v) is 6.70. The third kappa shape index (κ3) is 6.30. The van der Waals surface area contributed by atoms with Crippen molar-refractivity contribution in [2.45, 2.75) is 65.0 Å². The number of benzene rings is 2. The molecule has 0 N–H and O–H groups in total. The molecule has 0 radical (unpaired) electrons. The standard InChI is InChI=1S/C26H33ClFNO2/c1-4-24(30)29(18-21-10-6-8-12-23(21)28)15-13-26(14-16-31-25(2,3)19-26)17-20-9-5-7-11-22(20)27/h5-12H,4,13-19H2,1-3H3. The van der Waals surface area contributed by atoms with E-state index in [4.69, 9.17) is 16.3 Å². The Labute approximate surface area is 190 Å². The number of hydrogen-bond acceptors (Lipinski definition) is 2. The van der Waals surface area contributed by atoms with E-state index in [2.05, 4.69) is 19.9 Å². The minimum Gasteiger partial charge on any atom is -0.376 e. The van der Waals surface area contributed by atoms with Crippen molar-refractivity contribution in [1.29, 1.82) is 0 Å². The van der Waals surface area contributed by atoms with Gasteiger partial charge in [0.2, 0.25) is 5.91 Å². The molecule has 1 unspecified atom stereocenters. The largest absolute Gasteiger partial charge is 0.376 e. The number of carbonyl (C=O) groups excluding carboxylic acids is 1. The second-order valence-corrected chi connectivity index (χ2v) is 9.72. The van der Waals surface area contributed by atoms with Crippen LogP contribution in [-0.2, 0) is 22.5 Å². The molecule has 2 aromatic carbocycles. The highest BCUT2D eigenvalue weighted by Gasteiger charge is 2.41. The molecular weight excluding hydrogens is 413 g/mol. The van der Waals surface area contributed by atoms with Crippen molar-refractivity contribution in [3.8, 4) is 0 Å². The second-order valence-electron chi connectivity index (χ2n) is 9.31. The molecule has 1 amide bonds. The highest BCUT2D eigenvalue weighted by molar-refractivity contribution is 6.31. The van der Waals surface area contributed by atoms with Crippen LogP contribution in [0.1, 0.15) is 57.6 Å². The molecule has 31 heavy (non-hydrogen) atoms. The van der Waals surface area contributed by atoms with Crippen LogP contribution in [0, 0.1) is 11.2 Å². The quantitative estimate of drug-likeness (QED) is 0.468. The van der Waals surface area contributed by atoms with Gasteiger partial charge in [-0.2, -0.15) is 0 Å². The van der Waals surface area contributed by atoms with Crippen LogP contribution in [0.25, 0.3) is 0 Å². The Hall–Kier alpha value is -1.91. The lowest BCUT2D eigenvalue weighted by Crippen LogP contribution is -2.44. The van der Waals surface area contributed by atoms with E-state index in [-0.39, 0.29) is 22.7 Å². The molecule has 3 rings (SSSR count). The summed E-state index contributed by atoms with van der Waals surface area (Å²) in [5.74, 6) is -0.225. The maximum absolute atomic E-state index is 14.3. The van der Waals surface area contributed by atoms with E-state index in [9.17, 15) is 9.18 Å². The van der Waals surface area contributed by atoms with Gasteiger partial charge in [-0.1, -0.05) is 54.9 Å². The molecule has 1 aliphatic rings. The minimum atomic E-state index is -0.269. The number of halogens is 2. The van der Waals surface area contributed by atoms with Crippen LogP contribution in [0.2, 0.25) is 5.02 Å². The molecule has 1 fully saturated rings. The number of ether oxygens (including phenoxy) is 1. The van der Waals surface area contributed by atoms with Crippen LogP contribution in [-0.4, -0.2) is 29.6 Å². The summed E-state index contributed by atoms with van der Waals surface area (Å²) in [7, 11) is 0. The topological polar surface area (TPSA) is 29.5 Å². The lowest BCUT2D eigenvalue weighted by Gasteiger charge is -2.46. The van der Waals surface area contributed by atoms with E-state index >= 15 is 0 Å². The van der Waals surface area contributed by atoms with Crippen molar-refractivity contribution in [2.24, 2.45) is 5.41 Å². The fraction of sp³-hybridized carbons (Fsp3) is 0.500. The fourth-order valence-corrected chi connectivity index (χ4v) is 5.01. The molecule has 0 bridgehead atoms. The molecule has 168 valence electrons. The first kappa shape index (κ1) is 23.7. The fourth-order valence-electron chi connectivity index (χ4n) is 4.80. The van der Waals surface area contributed by atoms with Gasteiger partial charge in [-0.05, 0) is 62.6 Å². The van der Waals surface area contributed by atoms with Gasteiger partial charge in [0.05, 0.1) is 5.60 Å². The van der Waals surface area contributed by atoms with Crippen molar-refractivity contribution >= 4 is 17.5 Å². The highest BCUT2D eigenvalue weighted by Crippen LogP contribution is 2.45. The Morgan fingerprint density at radius 1 is 1.13 bits per heavy atom. The van der Waals surface area contributed by atoms with Crippen molar-refractivity contribution in [2.75, 3.05) is 13.2 Å². The predicted molar refractivity (Wildman–Crippen MR) is 124 cm³/mol. The average molecular weight is 446 g/mol. The van der Waals surface area contributed by atoms with Crippen molar-refractivity contribution < 1.29 is 13.9 Å². The van der Waals surface area contributed by atoms with Gasteiger partial charge in [0, 0.05) is 36.7 Å². The Morgan fingerprint density at radius 2 is 1.81 bits per heavy atom. The molecule has 0 saturated carbocycles. The zero-order valence-electron chi connectivity index (χ0n) is 18.8. The minimum absolute atomic E-state index is 0.0335. The van der Waals surface area contributed by atoms with Crippen molar-refractivity contribution in [1.82, 2.24) is 4.90 Å². The first-order chi connectivity index (χ1) is 14.7. The maximum atomic E-state index is 14.3. The number of carbonyl (C=O) groups is 1.